The van der Waals surface area contributed by atoms with Gasteiger partial charge in [-0.25, -0.2) is 4.68 Å². The Morgan fingerprint density at radius 1 is 0.939 bits per heavy atom. The molecule has 33 heavy (non-hydrogen) atoms. The lowest BCUT2D eigenvalue weighted by atomic mass is 10.0. The van der Waals surface area contributed by atoms with E-state index in [1.54, 1.807) is 31.2 Å². The van der Waals surface area contributed by atoms with Gasteiger partial charge in [-0.3, -0.25) is 14.7 Å². The number of aromatic amines is 1. The van der Waals surface area contributed by atoms with Crippen molar-refractivity contribution in [3.8, 4) is 17.2 Å². The lowest BCUT2D eigenvalue weighted by Crippen LogP contribution is -2.21. The summed E-state index contributed by atoms with van der Waals surface area (Å²) in [6.45, 7) is 3.12. The van der Waals surface area contributed by atoms with Crippen LogP contribution in [-0.4, -0.2) is 42.3 Å². The fourth-order valence-electron chi connectivity index (χ4n) is 4.02. The number of rotatable bonds is 3. The number of aromatic hydroxyl groups is 2. The molecule has 4 aromatic rings. The summed E-state index contributed by atoms with van der Waals surface area (Å²) in [7, 11) is 0. The fraction of sp³-hybridized carbons (Fsp3) is 0.120. The van der Waals surface area contributed by atoms with Gasteiger partial charge in [0.25, 0.3) is 5.56 Å². The molecule has 0 amide bonds. The number of phenolic OH excluding ortho intramolecular Hbond substituents is 2. The Bertz CT molecular complexity index is 1380. The highest BCUT2D eigenvalue weighted by Crippen LogP contribution is 2.49. The second-order valence-corrected chi connectivity index (χ2v) is 8.28. The topological polar surface area (TPSA) is 98.6 Å². The number of aromatic nitrogens is 2. The number of ketones is 1. The second kappa shape index (κ2) is 9.02. The summed E-state index contributed by atoms with van der Waals surface area (Å²) >= 11 is 2.59. The van der Waals surface area contributed by atoms with Gasteiger partial charge in [0, 0.05) is 16.8 Å². The number of benzene rings is 3. The third kappa shape index (κ3) is 4.07. The van der Waals surface area contributed by atoms with Gasteiger partial charge in [-0.2, -0.15) is 0 Å². The zero-order valence-corrected chi connectivity index (χ0v) is 19.3. The molecular formula is C25H22AlN3O4. The Morgan fingerprint density at radius 2 is 1.58 bits per heavy atom. The van der Waals surface area contributed by atoms with Crippen molar-refractivity contribution < 1.29 is 15.0 Å². The maximum absolute atomic E-state index is 11.9. The molecule has 5 rings (SSSR count). The van der Waals surface area contributed by atoms with Crippen LogP contribution in [0.3, 0.4) is 0 Å². The Labute approximate surface area is 199 Å². The number of para-hydroxylation sites is 3. The molecule has 0 saturated heterocycles. The van der Waals surface area contributed by atoms with Crippen LogP contribution in [-0.2, 0) is 0 Å². The Hall–Kier alpha value is -3.73. The van der Waals surface area contributed by atoms with Gasteiger partial charge >= 0.3 is 16.5 Å². The van der Waals surface area contributed by atoms with E-state index in [1.807, 2.05) is 52.4 Å². The molecule has 3 aromatic carbocycles. The summed E-state index contributed by atoms with van der Waals surface area (Å²) in [5, 5.41) is 22.8. The molecule has 1 aliphatic heterocycles. The largest absolute Gasteiger partial charge is 0.508 e. The summed E-state index contributed by atoms with van der Waals surface area (Å²) in [6.07, 6.45) is 0. The molecule has 0 fully saturated rings. The summed E-state index contributed by atoms with van der Waals surface area (Å²) in [5.74, 6) is 0.316. The van der Waals surface area contributed by atoms with E-state index in [2.05, 4.69) is 21.6 Å². The number of hydrogen-bond donors (Lipinski definition) is 3. The molecule has 0 spiro atoms. The molecule has 8 heteroatoms. The van der Waals surface area contributed by atoms with Crippen LogP contribution in [0.2, 0.25) is 0 Å². The van der Waals surface area contributed by atoms with E-state index in [0.29, 0.717) is 5.69 Å². The second-order valence-electron chi connectivity index (χ2n) is 7.73. The minimum absolute atomic E-state index is 0.147. The standard InChI is InChI=1S/C13H10NO2.C12H12N2O2.Al/c15-11-7-2-1-4-8(11)12-9-5-3-6-10(14-12)13(9)16;1-8-11(9(2)15)12(16)14(13-8)10-6-4-3-5-7-10;/h1-7,12,15-16H;3-7,13H,1-2H3;/q-1;;+1. The average Bonchev–Trinajstić information content (AvgIpc) is 3.14. The van der Waals surface area contributed by atoms with E-state index in [4.69, 9.17) is 0 Å². The number of carbonyl (C=O) groups excluding carboxylic acids is 1. The first kappa shape index (κ1) is 22.5. The zero-order chi connectivity index (χ0) is 23.7. The van der Waals surface area contributed by atoms with E-state index in [-0.39, 0.29) is 34.4 Å². The number of aryl methyl sites for hydroxylation is 1. The number of hydrogen-bond acceptors (Lipinski definition) is 5. The summed E-state index contributed by atoms with van der Waals surface area (Å²) < 4.78 is 3.27. The monoisotopic (exact) mass is 455 g/mol. The third-order valence-corrected chi connectivity index (χ3v) is 6.14. The molecule has 2 radical (unpaired) electrons. The van der Waals surface area contributed by atoms with Crippen molar-refractivity contribution in [3.05, 3.63) is 106 Å². The highest BCUT2D eigenvalue weighted by atomic mass is 27.1. The molecule has 1 aliphatic rings. The molecule has 7 nitrogen and oxygen atoms in total. The van der Waals surface area contributed by atoms with Crippen LogP contribution in [0.5, 0.6) is 11.5 Å². The number of phenols is 2. The van der Waals surface area contributed by atoms with E-state index >= 15 is 0 Å². The quantitative estimate of drug-likeness (QED) is 0.323. The van der Waals surface area contributed by atoms with Crippen LogP contribution in [0, 0.1) is 6.92 Å². The molecule has 3 N–H and O–H groups in total. The molecular weight excluding hydrogens is 433 g/mol. The lowest BCUT2D eigenvalue weighted by molar-refractivity contribution is 0.101. The van der Waals surface area contributed by atoms with Gasteiger partial charge in [0.1, 0.15) is 17.1 Å². The number of nitrogens with one attached hydrogen (secondary N) is 1. The molecule has 1 aromatic heterocycles. The number of anilines is 1. The minimum Gasteiger partial charge on any atom is -0.508 e. The smallest absolute Gasteiger partial charge is 0.311 e. The van der Waals surface area contributed by atoms with Gasteiger partial charge in [-0.05, 0) is 38.1 Å². The maximum Gasteiger partial charge on any atom is 0.311 e. The van der Waals surface area contributed by atoms with E-state index < -0.39 is 0 Å². The van der Waals surface area contributed by atoms with Crippen molar-refractivity contribution in [2.75, 3.05) is 3.88 Å². The van der Waals surface area contributed by atoms with Crippen molar-refractivity contribution in [2.45, 2.75) is 19.9 Å². The number of H-pyrrole nitrogens is 1. The SMILES string of the molecule is CC(=O)c1c(C)[nH]n(-c2ccccc2)c1=O.Oc1ccccc1C1c2cccc(c2O)[N]1[Al]. The summed E-state index contributed by atoms with van der Waals surface area (Å²) in [4.78, 5) is 23.2. The fourth-order valence-corrected chi connectivity index (χ4v) is 4.55. The Kier molecular flexibility index (Phi) is 6.14. The van der Waals surface area contributed by atoms with Gasteiger partial charge in [0.15, 0.2) is 5.78 Å². The van der Waals surface area contributed by atoms with Gasteiger partial charge in [-0.1, -0.05) is 48.5 Å². The van der Waals surface area contributed by atoms with Gasteiger partial charge in [0.05, 0.1) is 17.4 Å². The number of fused-ring (bicyclic) bond motifs is 2. The molecule has 0 saturated carbocycles. The number of carbonyl (C=O) groups is 1. The van der Waals surface area contributed by atoms with Crippen molar-refractivity contribution >= 4 is 28.0 Å². The zero-order valence-electron chi connectivity index (χ0n) is 18.2. The van der Waals surface area contributed by atoms with E-state index in [9.17, 15) is 19.8 Å². The van der Waals surface area contributed by atoms with Crippen molar-refractivity contribution in [1.82, 2.24) is 9.78 Å². The Balaban J connectivity index is 0.000000157. The van der Waals surface area contributed by atoms with Gasteiger partial charge in [0.2, 0.25) is 0 Å². The Morgan fingerprint density at radius 3 is 2.18 bits per heavy atom. The first-order valence-electron chi connectivity index (χ1n) is 10.3. The maximum atomic E-state index is 11.9. The van der Waals surface area contributed by atoms with Crippen molar-refractivity contribution in [2.24, 2.45) is 0 Å². The van der Waals surface area contributed by atoms with E-state index in [0.717, 1.165) is 22.5 Å². The van der Waals surface area contributed by atoms with Gasteiger partial charge in [-0.15, -0.1) is 0 Å². The number of Topliss-reactive ketones (excluding diaryl/α,β-unsaturated/α-hetero) is 1. The first-order valence-corrected chi connectivity index (χ1v) is 10.8. The van der Waals surface area contributed by atoms with Crippen LogP contribution in [0.15, 0.2) is 77.6 Å². The van der Waals surface area contributed by atoms with Crippen LogP contribution in [0.4, 0.5) is 5.69 Å². The van der Waals surface area contributed by atoms with Crippen molar-refractivity contribution in [3.63, 3.8) is 0 Å². The molecule has 2 bridgehead atoms. The highest BCUT2D eigenvalue weighted by Gasteiger charge is 2.31. The molecule has 1 unspecified atom stereocenters. The van der Waals surface area contributed by atoms with Crippen LogP contribution < -0.4 is 9.44 Å². The molecule has 0 aliphatic carbocycles. The predicted molar refractivity (Wildman–Crippen MR) is 127 cm³/mol. The minimum atomic E-state index is -0.295. The summed E-state index contributed by atoms with van der Waals surface area (Å²) in [6, 6.07) is 21.8. The van der Waals surface area contributed by atoms with Gasteiger partial charge < -0.3 is 14.1 Å². The van der Waals surface area contributed by atoms with E-state index in [1.165, 1.54) is 11.6 Å². The molecule has 1 atom stereocenters. The predicted octanol–water partition coefficient (Wildman–Crippen LogP) is 3.77. The first-order chi connectivity index (χ1) is 15.8. The lowest BCUT2D eigenvalue weighted by Gasteiger charge is -2.25. The van der Waals surface area contributed by atoms with Crippen LogP contribution >= 0.6 is 0 Å². The summed E-state index contributed by atoms with van der Waals surface area (Å²) in [5.41, 5.74) is 3.63. The molecule has 164 valence electrons. The number of nitrogens with zero attached hydrogens (tertiary/aromatic N) is 2. The van der Waals surface area contributed by atoms with Crippen LogP contribution in [0.1, 0.15) is 40.1 Å². The average molecular weight is 455 g/mol. The third-order valence-electron chi connectivity index (χ3n) is 5.57. The van der Waals surface area contributed by atoms with Crippen molar-refractivity contribution in [1.29, 1.82) is 0 Å². The van der Waals surface area contributed by atoms with Crippen LogP contribution in [0.25, 0.3) is 5.69 Å². The molecule has 2 heterocycles. The normalized spacial score (nSPS) is 14.0. The highest BCUT2D eigenvalue weighted by molar-refractivity contribution is 6.20.